The topological polar surface area (TPSA) is 72.8 Å². The zero-order chi connectivity index (χ0) is 20.2. The van der Waals surface area contributed by atoms with Gasteiger partial charge in [0.2, 0.25) is 0 Å². The van der Waals surface area contributed by atoms with Crippen molar-refractivity contribution in [3.8, 4) is 5.75 Å². The van der Waals surface area contributed by atoms with Crippen LogP contribution in [0.3, 0.4) is 0 Å². The summed E-state index contributed by atoms with van der Waals surface area (Å²) < 4.78 is 9.89. The summed E-state index contributed by atoms with van der Waals surface area (Å²) in [6, 6.07) is 25.3. The van der Waals surface area contributed by atoms with E-state index in [9.17, 15) is 14.7 Å². The summed E-state index contributed by atoms with van der Waals surface area (Å²) in [4.78, 5) is 22.1. The summed E-state index contributed by atoms with van der Waals surface area (Å²) in [5.41, 5.74) is 2.11. The Balaban J connectivity index is 0.000000221. The van der Waals surface area contributed by atoms with Crippen molar-refractivity contribution in [2.24, 2.45) is 0 Å². The Morgan fingerprint density at radius 3 is 1.68 bits per heavy atom. The van der Waals surface area contributed by atoms with E-state index in [2.05, 4.69) is 0 Å². The average molecular weight is 378 g/mol. The smallest absolute Gasteiger partial charge is 0.342 e. The highest BCUT2D eigenvalue weighted by molar-refractivity contribution is 5.92. The summed E-state index contributed by atoms with van der Waals surface area (Å²) in [6.07, 6.45) is 0. The second-order valence-electron chi connectivity index (χ2n) is 5.84. The Labute approximate surface area is 164 Å². The van der Waals surface area contributed by atoms with Crippen molar-refractivity contribution in [1.82, 2.24) is 0 Å². The third-order valence-corrected chi connectivity index (χ3v) is 3.62. The third-order valence-electron chi connectivity index (χ3n) is 3.62. The van der Waals surface area contributed by atoms with E-state index in [1.54, 1.807) is 12.1 Å². The first-order chi connectivity index (χ1) is 13.6. The molecule has 5 heteroatoms. The van der Waals surface area contributed by atoms with E-state index < -0.39 is 5.97 Å². The number of carbonyl (C=O) groups excluding carboxylic acids is 2. The van der Waals surface area contributed by atoms with E-state index in [4.69, 9.17) is 9.47 Å². The number of hydrogen-bond acceptors (Lipinski definition) is 5. The molecule has 0 spiro atoms. The van der Waals surface area contributed by atoms with Crippen LogP contribution in [0.1, 0.15) is 28.4 Å². The second kappa shape index (κ2) is 11.2. The van der Waals surface area contributed by atoms with Crippen LogP contribution in [0.25, 0.3) is 0 Å². The number of carbonyl (C=O) groups is 2. The Morgan fingerprint density at radius 2 is 1.18 bits per heavy atom. The molecule has 144 valence electrons. The first-order valence-electron chi connectivity index (χ1n) is 8.72. The number of benzene rings is 3. The van der Waals surface area contributed by atoms with Gasteiger partial charge in [-0.2, -0.15) is 0 Å². The van der Waals surface area contributed by atoms with Gasteiger partial charge in [-0.3, -0.25) is 4.79 Å². The molecule has 3 aromatic rings. The molecule has 0 heterocycles. The number of para-hydroxylation sites is 1. The maximum atomic E-state index is 11.7. The zero-order valence-corrected chi connectivity index (χ0v) is 15.6. The molecular weight excluding hydrogens is 356 g/mol. The molecule has 0 radical (unpaired) electrons. The maximum absolute atomic E-state index is 11.7. The van der Waals surface area contributed by atoms with E-state index in [1.807, 2.05) is 60.7 Å². The normalized spacial score (nSPS) is 9.61. The SMILES string of the molecule is CC(=O)OCc1ccccc1.O=C(OCc1ccccc1)c1ccccc1O. The predicted molar refractivity (Wildman–Crippen MR) is 106 cm³/mol. The molecule has 0 aromatic heterocycles. The van der Waals surface area contributed by atoms with Gasteiger partial charge in [0.25, 0.3) is 0 Å². The standard InChI is InChI=1S/C14H12O3.C9H10O2/c15-13-9-5-4-8-12(13)14(16)17-10-11-6-2-1-3-7-11;1-8(10)11-7-9-5-3-2-4-6-9/h1-9,15H,10H2;2-6H,7H2,1H3. The lowest BCUT2D eigenvalue weighted by atomic mass is 10.2. The Morgan fingerprint density at radius 1 is 0.714 bits per heavy atom. The molecule has 0 aliphatic rings. The fourth-order valence-corrected chi connectivity index (χ4v) is 2.21. The van der Waals surface area contributed by atoms with Gasteiger partial charge in [0.1, 0.15) is 24.5 Å². The lowest BCUT2D eigenvalue weighted by Crippen LogP contribution is -2.05. The third kappa shape index (κ3) is 7.33. The van der Waals surface area contributed by atoms with E-state index >= 15 is 0 Å². The molecular formula is C23H22O5. The highest BCUT2D eigenvalue weighted by atomic mass is 16.5. The largest absolute Gasteiger partial charge is 0.507 e. The number of phenols is 1. The molecule has 0 amide bonds. The van der Waals surface area contributed by atoms with Crippen LogP contribution in [-0.2, 0) is 27.5 Å². The molecule has 3 rings (SSSR count). The maximum Gasteiger partial charge on any atom is 0.342 e. The Kier molecular flexibility index (Phi) is 8.27. The summed E-state index contributed by atoms with van der Waals surface area (Å²) in [7, 11) is 0. The van der Waals surface area contributed by atoms with Crippen molar-refractivity contribution in [3.63, 3.8) is 0 Å². The average Bonchev–Trinajstić information content (AvgIpc) is 2.73. The van der Waals surface area contributed by atoms with Crippen molar-refractivity contribution >= 4 is 11.9 Å². The van der Waals surface area contributed by atoms with Crippen LogP contribution >= 0.6 is 0 Å². The summed E-state index contributed by atoms with van der Waals surface area (Å²) in [5.74, 6) is -0.827. The van der Waals surface area contributed by atoms with Gasteiger partial charge in [-0.1, -0.05) is 72.8 Å². The van der Waals surface area contributed by atoms with E-state index in [0.29, 0.717) is 6.61 Å². The van der Waals surface area contributed by atoms with Crippen LogP contribution < -0.4 is 0 Å². The Bertz CT molecular complexity index is 876. The van der Waals surface area contributed by atoms with Gasteiger partial charge in [0.05, 0.1) is 0 Å². The summed E-state index contributed by atoms with van der Waals surface area (Å²) in [6.45, 7) is 1.98. The molecule has 0 atom stereocenters. The van der Waals surface area contributed by atoms with Crippen molar-refractivity contribution in [1.29, 1.82) is 0 Å². The monoisotopic (exact) mass is 378 g/mol. The summed E-state index contributed by atoms with van der Waals surface area (Å²) in [5, 5.41) is 9.48. The van der Waals surface area contributed by atoms with Crippen LogP contribution in [0.15, 0.2) is 84.9 Å². The van der Waals surface area contributed by atoms with Gasteiger partial charge in [0, 0.05) is 6.92 Å². The molecule has 28 heavy (non-hydrogen) atoms. The molecule has 5 nitrogen and oxygen atoms in total. The number of aromatic hydroxyl groups is 1. The molecule has 0 unspecified atom stereocenters. The highest BCUT2D eigenvalue weighted by Crippen LogP contribution is 2.17. The van der Waals surface area contributed by atoms with Crippen molar-refractivity contribution in [2.45, 2.75) is 20.1 Å². The van der Waals surface area contributed by atoms with Crippen LogP contribution in [0.4, 0.5) is 0 Å². The molecule has 0 aliphatic heterocycles. The first kappa shape index (κ1) is 20.7. The van der Waals surface area contributed by atoms with Crippen molar-refractivity contribution in [2.75, 3.05) is 0 Å². The predicted octanol–water partition coefficient (Wildman–Crippen LogP) is 4.50. The molecule has 0 saturated heterocycles. The fourth-order valence-electron chi connectivity index (χ4n) is 2.21. The lowest BCUT2D eigenvalue weighted by Gasteiger charge is -2.05. The van der Waals surface area contributed by atoms with E-state index in [-0.39, 0.29) is 23.9 Å². The van der Waals surface area contributed by atoms with E-state index in [1.165, 1.54) is 19.1 Å². The molecule has 0 saturated carbocycles. The fraction of sp³-hybridized carbons (Fsp3) is 0.130. The first-order valence-corrected chi connectivity index (χ1v) is 8.72. The molecule has 0 bridgehead atoms. The van der Waals surface area contributed by atoms with Crippen LogP contribution in [0.5, 0.6) is 5.75 Å². The van der Waals surface area contributed by atoms with Gasteiger partial charge >= 0.3 is 11.9 Å². The quantitative estimate of drug-likeness (QED) is 0.662. The van der Waals surface area contributed by atoms with Crippen LogP contribution in [-0.4, -0.2) is 17.0 Å². The number of esters is 2. The molecule has 3 aromatic carbocycles. The minimum Gasteiger partial charge on any atom is -0.507 e. The van der Waals surface area contributed by atoms with Gasteiger partial charge in [-0.05, 0) is 23.3 Å². The van der Waals surface area contributed by atoms with Gasteiger partial charge in [-0.25, -0.2) is 4.79 Å². The van der Waals surface area contributed by atoms with Crippen molar-refractivity contribution in [3.05, 3.63) is 102 Å². The van der Waals surface area contributed by atoms with Crippen LogP contribution in [0, 0.1) is 0 Å². The van der Waals surface area contributed by atoms with Gasteiger partial charge in [-0.15, -0.1) is 0 Å². The molecule has 0 aliphatic carbocycles. The van der Waals surface area contributed by atoms with Crippen molar-refractivity contribution < 1.29 is 24.2 Å². The highest BCUT2D eigenvalue weighted by Gasteiger charge is 2.11. The molecule has 1 N–H and O–H groups in total. The van der Waals surface area contributed by atoms with Gasteiger partial charge in [0.15, 0.2) is 0 Å². The van der Waals surface area contributed by atoms with Gasteiger partial charge < -0.3 is 14.6 Å². The van der Waals surface area contributed by atoms with Crippen LogP contribution in [0.2, 0.25) is 0 Å². The second-order valence-corrected chi connectivity index (χ2v) is 5.84. The zero-order valence-electron chi connectivity index (χ0n) is 15.6. The molecule has 0 fully saturated rings. The Hall–Kier alpha value is -3.60. The number of hydrogen-bond donors (Lipinski definition) is 1. The number of rotatable bonds is 5. The summed E-state index contributed by atoms with van der Waals surface area (Å²) >= 11 is 0. The minimum absolute atomic E-state index is 0.0643. The number of phenolic OH excluding ortho intramolecular Hbond substituents is 1. The lowest BCUT2D eigenvalue weighted by molar-refractivity contribution is -0.142. The minimum atomic E-state index is -0.521. The number of ether oxygens (including phenoxy) is 2. The van der Waals surface area contributed by atoms with E-state index in [0.717, 1.165) is 11.1 Å².